The van der Waals surface area contributed by atoms with Crippen LogP contribution in [0.15, 0.2) is 28.0 Å². The average Bonchev–Trinajstić information content (AvgIpc) is 3.08. The normalized spacial score (nSPS) is 46.1. The van der Waals surface area contributed by atoms with Gasteiger partial charge >= 0.3 is 0 Å². The first-order valence-electron chi connectivity index (χ1n) is 7.19. The molecule has 5 atom stereocenters. The van der Waals surface area contributed by atoms with Crippen molar-refractivity contribution in [2.45, 2.75) is 60.2 Å². The SMILES string of the molecule is CCC1(C)C2OC2C2C(C)=C(C)C(C)=C=C(C)C21. The van der Waals surface area contributed by atoms with Gasteiger partial charge in [0, 0.05) is 17.3 Å². The molecule has 1 saturated carbocycles. The number of rotatable bonds is 1. The van der Waals surface area contributed by atoms with Gasteiger partial charge in [-0.3, -0.25) is 0 Å². The van der Waals surface area contributed by atoms with Gasteiger partial charge in [-0.15, -0.1) is 5.73 Å². The zero-order valence-electron chi connectivity index (χ0n) is 12.4. The molecule has 0 aromatic rings. The topological polar surface area (TPSA) is 12.5 Å². The van der Waals surface area contributed by atoms with Crippen molar-refractivity contribution in [2.75, 3.05) is 0 Å². The third kappa shape index (κ3) is 1.32. The molecule has 1 nitrogen and oxygen atoms in total. The third-order valence-corrected chi connectivity index (χ3v) is 5.87. The molecule has 1 saturated heterocycles. The molecule has 1 aliphatic heterocycles. The Hall–Kier alpha value is -0.780. The molecule has 3 aliphatic rings. The Morgan fingerprint density at radius 2 is 1.89 bits per heavy atom. The molecule has 0 N–H and O–H groups in total. The summed E-state index contributed by atoms with van der Waals surface area (Å²) in [5, 5.41) is 0. The molecule has 0 radical (unpaired) electrons. The van der Waals surface area contributed by atoms with E-state index in [2.05, 4.69) is 47.3 Å². The maximum Gasteiger partial charge on any atom is 0.0919 e. The lowest BCUT2D eigenvalue weighted by Crippen LogP contribution is -2.32. The second-order valence-corrected chi connectivity index (χ2v) is 6.63. The van der Waals surface area contributed by atoms with Crippen LogP contribution in [0, 0.1) is 17.3 Å². The van der Waals surface area contributed by atoms with E-state index in [-0.39, 0.29) is 0 Å². The maximum atomic E-state index is 6.00. The van der Waals surface area contributed by atoms with Gasteiger partial charge in [0.25, 0.3) is 0 Å². The van der Waals surface area contributed by atoms with E-state index in [1.165, 1.54) is 28.7 Å². The Morgan fingerprint density at radius 1 is 1.22 bits per heavy atom. The first kappa shape index (κ1) is 12.3. The van der Waals surface area contributed by atoms with E-state index in [4.69, 9.17) is 4.74 Å². The lowest BCUT2D eigenvalue weighted by atomic mass is 9.69. The Balaban J connectivity index is 2.19. The predicted molar refractivity (Wildman–Crippen MR) is 74.3 cm³/mol. The Morgan fingerprint density at radius 3 is 2.50 bits per heavy atom. The van der Waals surface area contributed by atoms with E-state index < -0.39 is 0 Å². The average molecular weight is 244 g/mol. The van der Waals surface area contributed by atoms with Crippen LogP contribution in [-0.4, -0.2) is 12.2 Å². The molecule has 1 heterocycles. The molecule has 1 heteroatoms. The van der Waals surface area contributed by atoms with Crippen molar-refractivity contribution < 1.29 is 4.74 Å². The molecule has 98 valence electrons. The third-order valence-electron chi connectivity index (χ3n) is 5.87. The first-order valence-corrected chi connectivity index (χ1v) is 7.19. The zero-order chi connectivity index (χ0) is 13.2. The number of ether oxygens (including phenoxy) is 1. The fraction of sp³-hybridized carbons (Fsp3) is 0.706. The van der Waals surface area contributed by atoms with Crippen molar-refractivity contribution in [3.63, 3.8) is 0 Å². The van der Waals surface area contributed by atoms with Crippen LogP contribution in [0.3, 0.4) is 0 Å². The lowest BCUT2D eigenvalue weighted by molar-refractivity contribution is 0.0977. The highest BCUT2D eigenvalue weighted by Gasteiger charge is 2.67. The van der Waals surface area contributed by atoms with Gasteiger partial charge < -0.3 is 4.74 Å². The molecule has 0 spiro atoms. The fourth-order valence-electron chi connectivity index (χ4n) is 4.40. The van der Waals surface area contributed by atoms with E-state index in [0.29, 0.717) is 29.5 Å². The summed E-state index contributed by atoms with van der Waals surface area (Å²) < 4.78 is 6.00. The summed E-state index contributed by atoms with van der Waals surface area (Å²) in [4.78, 5) is 0. The van der Waals surface area contributed by atoms with Crippen LogP contribution in [-0.2, 0) is 4.74 Å². The fourth-order valence-corrected chi connectivity index (χ4v) is 4.40. The summed E-state index contributed by atoms with van der Waals surface area (Å²) in [5.74, 6) is 1.21. The maximum absolute atomic E-state index is 6.00. The van der Waals surface area contributed by atoms with E-state index >= 15 is 0 Å². The van der Waals surface area contributed by atoms with Gasteiger partial charge in [-0.25, -0.2) is 0 Å². The van der Waals surface area contributed by atoms with Crippen molar-refractivity contribution >= 4 is 0 Å². The minimum atomic E-state index is 0.304. The number of fused-ring (bicyclic) bond motifs is 3. The van der Waals surface area contributed by atoms with E-state index in [1.807, 2.05) is 0 Å². The summed E-state index contributed by atoms with van der Waals surface area (Å²) in [5.41, 5.74) is 9.66. The molecule has 0 aromatic heterocycles. The summed E-state index contributed by atoms with van der Waals surface area (Å²) in [6, 6.07) is 0. The minimum Gasteiger partial charge on any atom is -0.368 e. The quantitative estimate of drug-likeness (QED) is 0.496. The second kappa shape index (κ2) is 3.62. The van der Waals surface area contributed by atoms with Gasteiger partial charge in [-0.1, -0.05) is 19.4 Å². The van der Waals surface area contributed by atoms with Gasteiger partial charge in [0.2, 0.25) is 0 Å². The predicted octanol–water partition coefficient (Wildman–Crippen LogP) is 4.26. The van der Waals surface area contributed by atoms with Crippen LogP contribution in [0.5, 0.6) is 0 Å². The van der Waals surface area contributed by atoms with Crippen molar-refractivity contribution in [3.8, 4) is 0 Å². The second-order valence-electron chi connectivity index (χ2n) is 6.63. The van der Waals surface area contributed by atoms with Gasteiger partial charge in [0.05, 0.1) is 12.2 Å². The van der Waals surface area contributed by atoms with Crippen LogP contribution in [0.25, 0.3) is 0 Å². The smallest absolute Gasteiger partial charge is 0.0919 e. The zero-order valence-corrected chi connectivity index (χ0v) is 12.4. The molecule has 2 fully saturated rings. The van der Waals surface area contributed by atoms with Crippen molar-refractivity contribution in [3.05, 3.63) is 28.0 Å². The molecule has 2 aliphatic carbocycles. The van der Waals surface area contributed by atoms with E-state index in [1.54, 1.807) is 0 Å². The van der Waals surface area contributed by atoms with E-state index in [9.17, 15) is 0 Å². The minimum absolute atomic E-state index is 0.304. The van der Waals surface area contributed by atoms with Crippen molar-refractivity contribution in [1.29, 1.82) is 0 Å². The summed E-state index contributed by atoms with van der Waals surface area (Å²) >= 11 is 0. The van der Waals surface area contributed by atoms with Gasteiger partial charge in [0.1, 0.15) is 0 Å². The van der Waals surface area contributed by atoms with Crippen LogP contribution >= 0.6 is 0 Å². The summed E-state index contributed by atoms with van der Waals surface area (Å²) in [6.45, 7) is 13.7. The molecule has 5 unspecified atom stereocenters. The largest absolute Gasteiger partial charge is 0.368 e. The van der Waals surface area contributed by atoms with Crippen molar-refractivity contribution in [1.82, 2.24) is 0 Å². The van der Waals surface area contributed by atoms with Crippen LogP contribution < -0.4 is 0 Å². The summed E-state index contributed by atoms with van der Waals surface area (Å²) in [6.07, 6.45) is 2.15. The Bertz CT molecular complexity index is 504. The van der Waals surface area contributed by atoms with Gasteiger partial charge in [-0.2, -0.15) is 0 Å². The van der Waals surface area contributed by atoms with E-state index in [0.717, 1.165) is 0 Å². The number of hydrogen-bond acceptors (Lipinski definition) is 1. The monoisotopic (exact) mass is 244 g/mol. The lowest BCUT2D eigenvalue weighted by Gasteiger charge is -2.36. The Labute approximate surface area is 111 Å². The molecular formula is C17H24O. The standard InChI is InChI=1S/C17H24O/c1-7-17(6)14-10(3)8-9(2)11(4)12(5)13(14)15-16(17)18-15/h13-16H,7H2,1-6H3. The molecule has 0 bridgehead atoms. The molecule has 0 amide bonds. The number of hydrogen-bond donors (Lipinski definition) is 0. The van der Waals surface area contributed by atoms with Crippen LogP contribution in [0.1, 0.15) is 48.0 Å². The molecule has 18 heavy (non-hydrogen) atoms. The number of epoxide rings is 1. The van der Waals surface area contributed by atoms with Gasteiger partial charge in [-0.05, 0) is 50.8 Å². The molecular weight excluding hydrogens is 220 g/mol. The van der Waals surface area contributed by atoms with Gasteiger partial charge in [0.15, 0.2) is 0 Å². The van der Waals surface area contributed by atoms with Crippen LogP contribution in [0.4, 0.5) is 0 Å². The van der Waals surface area contributed by atoms with Crippen LogP contribution in [0.2, 0.25) is 0 Å². The molecule has 3 rings (SSSR count). The summed E-state index contributed by atoms with van der Waals surface area (Å²) in [7, 11) is 0. The Kier molecular flexibility index (Phi) is 2.47. The van der Waals surface area contributed by atoms with Crippen molar-refractivity contribution in [2.24, 2.45) is 17.3 Å². The number of allylic oxidation sites excluding steroid dienone is 2. The highest BCUT2D eigenvalue weighted by atomic mass is 16.6. The highest BCUT2D eigenvalue weighted by Crippen LogP contribution is 2.64. The molecule has 0 aromatic carbocycles. The highest BCUT2D eigenvalue weighted by molar-refractivity contribution is 5.41. The first-order chi connectivity index (χ1) is 8.41.